The minimum Gasteiger partial charge on any atom is -0.493 e. The third-order valence-electron chi connectivity index (χ3n) is 3.91. The highest BCUT2D eigenvalue weighted by Crippen LogP contribution is 2.29. The van der Waals surface area contributed by atoms with Gasteiger partial charge >= 0.3 is 11.9 Å². The van der Waals surface area contributed by atoms with Crippen LogP contribution in [0.5, 0.6) is 11.5 Å². The topological polar surface area (TPSA) is 61.8 Å². The second-order valence-electron chi connectivity index (χ2n) is 5.76. The fourth-order valence-corrected chi connectivity index (χ4v) is 2.53. The number of methoxy groups -OCH3 is 2. The molecule has 5 nitrogen and oxygen atoms in total. The van der Waals surface area contributed by atoms with Crippen LogP contribution in [0.4, 0.5) is 0 Å². The zero-order valence-electron chi connectivity index (χ0n) is 14.9. The summed E-state index contributed by atoms with van der Waals surface area (Å²) in [5.41, 5.74) is 3.80. The van der Waals surface area contributed by atoms with Crippen molar-refractivity contribution < 1.29 is 23.8 Å². The standard InChI is InChI=1S/C20H22O5/c1-13-5-6-15(14(2)11-13)8-10-19(21)25-17-9-7-16(20(22)24-4)12-18(17)23-3/h5-7,9,11-12H,8,10H2,1-4H3. The van der Waals surface area contributed by atoms with Crippen molar-refractivity contribution >= 4 is 11.9 Å². The molecular formula is C20H22O5. The molecule has 2 aromatic carbocycles. The molecule has 0 unspecified atom stereocenters. The summed E-state index contributed by atoms with van der Waals surface area (Å²) in [6.45, 7) is 4.07. The summed E-state index contributed by atoms with van der Waals surface area (Å²) in [4.78, 5) is 23.7. The Kier molecular flexibility index (Phi) is 6.17. The molecule has 132 valence electrons. The lowest BCUT2D eigenvalue weighted by molar-refractivity contribution is -0.134. The SMILES string of the molecule is COC(=O)c1ccc(OC(=O)CCc2ccc(C)cc2C)c(OC)c1. The van der Waals surface area contributed by atoms with Gasteiger partial charge in [0.05, 0.1) is 19.8 Å². The highest BCUT2D eigenvalue weighted by molar-refractivity contribution is 5.90. The number of carbonyl (C=O) groups excluding carboxylic acids is 2. The van der Waals surface area contributed by atoms with Gasteiger partial charge in [0.25, 0.3) is 0 Å². The number of hydrogen-bond donors (Lipinski definition) is 0. The van der Waals surface area contributed by atoms with Gasteiger partial charge in [-0.2, -0.15) is 0 Å². The molecule has 2 aromatic rings. The first-order valence-corrected chi connectivity index (χ1v) is 7.97. The summed E-state index contributed by atoms with van der Waals surface area (Å²) in [6, 6.07) is 10.7. The third-order valence-corrected chi connectivity index (χ3v) is 3.91. The minimum atomic E-state index is -0.481. The highest BCUT2D eigenvalue weighted by atomic mass is 16.6. The largest absolute Gasteiger partial charge is 0.493 e. The quantitative estimate of drug-likeness (QED) is 0.592. The van der Waals surface area contributed by atoms with E-state index in [1.54, 1.807) is 0 Å². The average Bonchev–Trinajstić information content (AvgIpc) is 2.60. The Bertz CT molecular complexity index is 780. The van der Waals surface area contributed by atoms with Crippen LogP contribution in [0.15, 0.2) is 36.4 Å². The van der Waals surface area contributed by atoms with Crippen LogP contribution in [0.3, 0.4) is 0 Å². The Morgan fingerprint density at radius 2 is 1.72 bits per heavy atom. The second-order valence-corrected chi connectivity index (χ2v) is 5.76. The van der Waals surface area contributed by atoms with Crippen molar-refractivity contribution in [3.05, 3.63) is 58.7 Å². The molecule has 0 saturated carbocycles. The summed E-state index contributed by atoms with van der Waals surface area (Å²) in [6.07, 6.45) is 0.860. The smallest absolute Gasteiger partial charge is 0.337 e. The molecule has 0 radical (unpaired) electrons. The van der Waals surface area contributed by atoms with E-state index in [1.165, 1.54) is 38.0 Å². The van der Waals surface area contributed by atoms with E-state index in [1.807, 2.05) is 26.0 Å². The summed E-state index contributed by atoms with van der Waals surface area (Å²) in [7, 11) is 2.75. The third kappa shape index (κ3) is 4.83. The van der Waals surface area contributed by atoms with Gasteiger partial charge in [-0.15, -0.1) is 0 Å². The van der Waals surface area contributed by atoms with Gasteiger partial charge in [-0.1, -0.05) is 23.8 Å². The Hall–Kier alpha value is -2.82. The number of aryl methyl sites for hydroxylation is 3. The second kappa shape index (κ2) is 8.33. The van der Waals surface area contributed by atoms with Crippen LogP contribution in [0.2, 0.25) is 0 Å². The van der Waals surface area contributed by atoms with Gasteiger partial charge in [-0.25, -0.2) is 4.79 Å². The molecule has 0 spiro atoms. The molecule has 5 heteroatoms. The van der Waals surface area contributed by atoms with E-state index in [0.29, 0.717) is 17.7 Å². The van der Waals surface area contributed by atoms with Crippen LogP contribution in [0, 0.1) is 13.8 Å². The lowest BCUT2D eigenvalue weighted by atomic mass is 10.0. The molecule has 0 N–H and O–H groups in total. The van der Waals surface area contributed by atoms with Crippen LogP contribution in [-0.2, 0) is 16.0 Å². The van der Waals surface area contributed by atoms with Crippen LogP contribution in [0.25, 0.3) is 0 Å². The van der Waals surface area contributed by atoms with E-state index in [0.717, 1.165) is 11.1 Å². The van der Waals surface area contributed by atoms with E-state index in [4.69, 9.17) is 9.47 Å². The summed E-state index contributed by atoms with van der Waals surface area (Å²) in [5, 5.41) is 0. The number of esters is 2. The molecule has 2 rings (SSSR count). The molecule has 0 atom stereocenters. The monoisotopic (exact) mass is 342 g/mol. The maximum Gasteiger partial charge on any atom is 0.337 e. The fraction of sp³-hybridized carbons (Fsp3) is 0.300. The number of benzene rings is 2. The Morgan fingerprint density at radius 3 is 2.36 bits per heavy atom. The Labute approximate surface area is 147 Å². The number of carbonyl (C=O) groups is 2. The fourth-order valence-electron chi connectivity index (χ4n) is 2.53. The maximum absolute atomic E-state index is 12.1. The summed E-state index contributed by atoms with van der Waals surface area (Å²) in [5.74, 6) is -0.251. The zero-order valence-corrected chi connectivity index (χ0v) is 14.9. The molecule has 0 bridgehead atoms. The van der Waals surface area contributed by atoms with Gasteiger partial charge in [0.2, 0.25) is 0 Å². The molecule has 25 heavy (non-hydrogen) atoms. The lowest BCUT2D eigenvalue weighted by Crippen LogP contribution is -2.11. The van der Waals surface area contributed by atoms with E-state index >= 15 is 0 Å². The predicted molar refractivity (Wildman–Crippen MR) is 94.2 cm³/mol. The average molecular weight is 342 g/mol. The van der Waals surface area contributed by atoms with Crippen molar-refractivity contribution in [3.63, 3.8) is 0 Å². The first kappa shape index (κ1) is 18.5. The molecule has 0 heterocycles. The molecule has 0 saturated heterocycles. The highest BCUT2D eigenvalue weighted by Gasteiger charge is 2.14. The normalized spacial score (nSPS) is 10.2. The van der Waals surface area contributed by atoms with Gasteiger partial charge in [-0.05, 0) is 49.6 Å². The molecular weight excluding hydrogens is 320 g/mol. The van der Waals surface area contributed by atoms with E-state index in [2.05, 4.69) is 10.8 Å². The summed E-state index contributed by atoms with van der Waals surface area (Å²) >= 11 is 0. The van der Waals surface area contributed by atoms with Gasteiger partial charge in [0.15, 0.2) is 11.5 Å². The van der Waals surface area contributed by atoms with Crippen molar-refractivity contribution in [2.24, 2.45) is 0 Å². The molecule has 0 aromatic heterocycles. The number of ether oxygens (including phenoxy) is 3. The molecule has 0 amide bonds. The van der Waals surface area contributed by atoms with E-state index < -0.39 is 5.97 Å². The van der Waals surface area contributed by atoms with Gasteiger partial charge in [0.1, 0.15) is 0 Å². The molecule has 0 aliphatic heterocycles. The van der Waals surface area contributed by atoms with Crippen molar-refractivity contribution in [3.8, 4) is 11.5 Å². The Morgan fingerprint density at radius 1 is 0.960 bits per heavy atom. The number of rotatable bonds is 6. The van der Waals surface area contributed by atoms with Crippen molar-refractivity contribution in [2.45, 2.75) is 26.7 Å². The Balaban J connectivity index is 2.03. The van der Waals surface area contributed by atoms with E-state index in [9.17, 15) is 9.59 Å². The first-order valence-electron chi connectivity index (χ1n) is 7.97. The van der Waals surface area contributed by atoms with Crippen molar-refractivity contribution in [2.75, 3.05) is 14.2 Å². The number of hydrogen-bond acceptors (Lipinski definition) is 5. The van der Waals surface area contributed by atoms with Crippen LogP contribution in [-0.4, -0.2) is 26.2 Å². The minimum absolute atomic E-state index is 0.256. The molecule has 0 aliphatic carbocycles. The maximum atomic E-state index is 12.1. The van der Waals surface area contributed by atoms with Gasteiger partial charge < -0.3 is 14.2 Å². The van der Waals surface area contributed by atoms with E-state index in [-0.39, 0.29) is 18.1 Å². The van der Waals surface area contributed by atoms with Crippen LogP contribution in [0.1, 0.15) is 33.5 Å². The molecule has 0 aliphatic rings. The van der Waals surface area contributed by atoms with Crippen molar-refractivity contribution in [1.82, 2.24) is 0 Å². The lowest BCUT2D eigenvalue weighted by Gasteiger charge is -2.11. The summed E-state index contributed by atoms with van der Waals surface area (Å²) < 4.78 is 15.2. The predicted octanol–water partition coefficient (Wildman–Crippen LogP) is 3.64. The zero-order chi connectivity index (χ0) is 18.4. The van der Waals surface area contributed by atoms with Crippen LogP contribution < -0.4 is 9.47 Å². The first-order chi connectivity index (χ1) is 11.9. The van der Waals surface area contributed by atoms with Crippen molar-refractivity contribution in [1.29, 1.82) is 0 Å². The van der Waals surface area contributed by atoms with Gasteiger partial charge in [-0.3, -0.25) is 4.79 Å². The van der Waals surface area contributed by atoms with Gasteiger partial charge in [0, 0.05) is 6.42 Å². The van der Waals surface area contributed by atoms with Crippen LogP contribution >= 0.6 is 0 Å². The molecule has 0 fully saturated rings.